The SMILES string of the molecule is CC(=O)Nc1ccc(C(=O)Nc2ccc(NC(C)=O)c(Cl)c2)cc1. The molecule has 0 atom stereocenters. The van der Waals surface area contributed by atoms with Crippen LogP contribution in [0.4, 0.5) is 17.1 Å². The lowest BCUT2D eigenvalue weighted by molar-refractivity contribution is -0.115. The highest BCUT2D eigenvalue weighted by molar-refractivity contribution is 6.34. The highest BCUT2D eigenvalue weighted by Crippen LogP contribution is 2.25. The third-order valence-corrected chi connectivity index (χ3v) is 3.32. The molecular formula is C17H16ClN3O3. The maximum atomic E-state index is 12.2. The van der Waals surface area contributed by atoms with Crippen molar-refractivity contribution in [2.45, 2.75) is 13.8 Å². The lowest BCUT2D eigenvalue weighted by Crippen LogP contribution is -2.13. The number of rotatable bonds is 4. The zero-order valence-electron chi connectivity index (χ0n) is 13.1. The molecule has 0 aliphatic carbocycles. The molecule has 0 heterocycles. The van der Waals surface area contributed by atoms with Crippen molar-refractivity contribution in [1.29, 1.82) is 0 Å². The summed E-state index contributed by atoms with van der Waals surface area (Å²) in [4.78, 5) is 34.2. The van der Waals surface area contributed by atoms with E-state index in [-0.39, 0.29) is 17.7 Å². The fourth-order valence-electron chi connectivity index (χ4n) is 2.00. The normalized spacial score (nSPS) is 9.96. The molecule has 124 valence electrons. The molecule has 0 aromatic heterocycles. The van der Waals surface area contributed by atoms with Gasteiger partial charge in [-0.15, -0.1) is 0 Å². The summed E-state index contributed by atoms with van der Waals surface area (Å²) in [5.41, 5.74) is 2.03. The lowest BCUT2D eigenvalue weighted by Gasteiger charge is -2.09. The molecule has 3 N–H and O–H groups in total. The van der Waals surface area contributed by atoms with Gasteiger partial charge < -0.3 is 16.0 Å². The van der Waals surface area contributed by atoms with Gasteiger partial charge in [-0.3, -0.25) is 14.4 Å². The standard InChI is InChI=1S/C17H16ClN3O3/c1-10(22)19-13-5-3-12(4-6-13)17(24)21-14-7-8-16(15(18)9-14)20-11(2)23/h3-9H,1-2H3,(H,19,22)(H,20,23)(H,21,24). The first-order valence-corrected chi connectivity index (χ1v) is 7.49. The summed E-state index contributed by atoms with van der Waals surface area (Å²) >= 11 is 6.07. The Balaban J connectivity index is 2.07. The van der Waals surface area contributed by atoms with Crippen LogP contribution in [0.1, 0.15) is 24.2 Å². The topological polar surface area (TPSA) is 87.3 Å². The predicted octanol–water partition coefficient (Wildman–Crippen LogP) is 3.51. The van der Waals surface area contributed by atoms with E-state index in [0.717, 1.165) is 0 Å². The van der Waals surface area contributed by atoms with E-state index >= 15 is 0 Å². The number of halogens is 1. The van der Waals surface area contributed by atoms with Crippen molar-refractivity contribution in [1.82, 2.24) is 0 Å². The summed E-state index contributed by atoms with van der Waals surface area (Å²) in [6.07, 6.45) is 0. The van der Waals surface area contributed by atoms with Gasteiger partial charge in [0.05, 0.1) is 10.7 Å². The summed E-state index contributed by atoms with van der Waals surface area (Å²) in [6, 6.07) is 11.3. The zero-order valence-corrected chi connectivity index (χ0v) is 13.9. The van der Waals surface area contributed by atoms with Gasteiger partial charge in [-0.05, 0) is 42.5 Å². The van der Waals surface area contributed by atoms with Crippen LogP contribution in [0.5, 0.6) is 0 Å². The Kier molecular flexibility index (Phi) is 5.55. The maximum absolute atomic E-state index is 12.2. The van der Waals surface area contributed by atoms with Crippen molar-refractivity contribution in [2.75, 3.05) is 16.0 Å². The molecule has 7 heteroatoms. The Morgan fingerprint density at radius 1 is 0.792 bits per heavy atom. The number of anilines is 3. The van der Waals surface area contributed by atoms with E-state index in [1.807, 2.05) is 0 Å². The first-order chi connectivity index (χ1) is 11.3. The van der Waals surface area contributed by atoms with Crippen LogP contribution in [-0.2, 0) is 9.59 Å². The second kappa shape index (κ2) is 7.61. The average molecular weight is 346 g/mol. The number of hydrogen-bond donors (Lipinski definition) is 3. The van der Waals surface area contributed by atoms with Crippen LogP contribution in [0.3, 0.4) is 0 Å². The molecule has 0 saturated carbocycles. The molecule has 2 aromatic rings. The number of benzene rings is 2. The molecule has 2 aromatic carbocycles. The van der Waals surface area contributed by atoms with Gasteiger partial charge >= 0.3 is 0 Å². The van der Waals surface area contributed by atoms with Crippen LogP contribution < -0.4 is 16.0 Å². The highest BCUT2D eigenvalue weighted by Gasteiger charge is 2.09. The van der Waals surface area contributed by atoms with E-state index in [0.29, 0.717) is 27.6 Å². The van der Waals surface area contributed by atoms with Crippen LogP contribution in [0.25, 0.3) is 0 Å². The third-order valence-electron chi connectivity index (χ3n) is 3.01. The predicted molar refractivity (Wildman–Crippen MR) is 94.5 cm³/mol. The summed E-state index contributed by atoms with van der Waals surface area (Å²) in [6.45, 7) is 2.80. The number of hydrogen-bond acceptors (Lipinski definition) is 3. The summed E-state index contributed by atoms with van der Waals surface area (Å²) < 4.78 is 0. The van der Waals surface area contributed by atoms with Gasteiger partial charge in [0.2, 0.25) is 11.8 Å². The molecule has 3 amide bonds. The summed E-state index contributed by atoms with van der Waals surface area (Å²) in [5.74, 6) is -0.721. The minimum absolute atomic E-state index is 0.180. The van der Waals surface area contributed by atoms with Crippen molar-refractivity contribution in [2.24, 2.45) is 0 Å². The van der Waals surface area contributed by atoms with Gasteiger partial charge in [0.25, 0.3) is 5.91 Å². The highest BCUT2D eigenvalue weighted by atomic mass is 35.5. The average Bonchev–Trinajstić information content (AvgIpc) is 2.49. The van der Waals surface area contributed by atoms with E-state index in [1.165, 1.54) is 13.8 Å². The Morgan fingerprint density at radius 3 is 1.92 bits per heavy atom. The van der Waals surface area contributed by atoms with Gasteiger partial charge in [-0.1, -0.05) is 11.6 Å². The molecule has 0 aliphatic heterocycles. The maximum Gasteiger partial charge on any atom is 0.255 e. The van der Waals surface area contributed by atoms with Crippen molar-refractivity contribution in [3.63, 3.8) is 0 Å². The molecule has 0 saturated heterocycles. The Labute approximate surface area is 144 Å². The largest absolute Gasteiger partial charge is 0.326 e. The number of carbonyl (C=O) groups excluding carboxylic acids is 3. The minimum Gasteiger partial charge on any atom is -0.326 e. The quantitative estimate of drug-likeness (QED) is 0.792. The molecule has 0 bridgehead atoms. The molecular weight excluding hydrogens is 330 g/mol. The first-order valence-electron chi connectivity index (χ1n) is 7.11. The number of nitrogens with one attached hydrogen (secondary N) is 3. The van der Waals surface area contributed by atoms with Crippen LogP contribution >= 0.6 is 11.6 Å². The smallest absolute Gasteiger partial charge is 0.255 e. The monoisotopic (exact) mass is 345 g/mol. The summed E-state index contributed by atoms with van der Waals surface area (Å²) in [7, 11) is 0. The molecule has 0 fully saturated rings. The van der Waals surface area contributed by atoms with E-state index in [1.54, 1.807) is 42.5 Å². The molecule has 0 unspecified atom stereocenters. The third kappa shape index (κ3) is 4.82. The second-order valence-corrected chi connectivity index (χ2v) is 5.50. The molecule has 0 radical (unpaired) electrons. The van der Waals surface area contributed by atoms with Gasteiger partial charge in [-0.25, -0.2) is 0 Å². The van der Waals surface area contributed by atoms with Gasteiger partial charge in [0.15, 0.2) is 0 Å². The van der Waals surface area contributed by atoms with Crippen molar-refractivity contribution in [3.8, 4) is 0 Å². The fourth-order valence-corrected chi connectivity index (χ4v) is 2.22. The van der Waals surface area contributed by atoms with Gasteiger partial charge in [-0.2, -0.15) is 0 Å². The van der Waals surface area contributed by atoms with E-state index in [9.17, 15) is 14.4 Å². The first kappa shape index (κ1) is 17.5. The van der Waals surface area contributed by atoms with E-state index in [4.69, 9.17) is 11.6 Å². The van der Waals surface area contributed by atoms with Gasteiger partial charge in [0.1, 0.15) is 0 Å². The van der Waals surface area contributed by atoms with E-state index in [2.05, 4.69) is 16.0 Å². The van der Waals surface area contributed by atoms with Crippen LogP contribution in [0.2, 0.25) is 5.02 Å². The van der Waals surface area contributed by atoms with E-state index < -0.39 is 0 Å². The van der Waals surface area contributed by atoms with Gasteiger partial charge in [0, 0.05) is 30.8 Å². The lowest BCUT2D eigenvalue weighted by atomic mass is 10.2. The fraction of sp³-hybridized carbons (Fsp3) is 0.118. The Morgan fingerprint density at radius 2 is 1.38 bits per heavy atom. The van der Waals surface area contributed by atoms with Crippen LogP contribution in [-0.4, -0.2) is 17.7 Å². The zero-order chi connectivity index (χ0) is 17.7. The second-order valence-electron chi connectivity index (χ2n) is 5.09. The van der Waals surface area contributed by atoms with Crippen molar-refractivity contribution < 1.29 is 14.4 Å². The number of amides is 3. The molecule has 0 aliphatic rings. The summed E-state index contributed by atoms with van der Waals surface area (Å²) in [5, 5.41) is 8.26. The molecule has 2 rings (SSSR count). The minimum atomic E-state index is -0.312. The molecule has 24 heavy (non-hydrogen) atoms. The van der Waals surface area contributed by atoms with Crippen LogP contribution in [0, 0.1) is 0 Å². The van der Waals surface area contributed by atoms with Crippen LogP contribution in [0.15, 0.2) is 42.5 Å². The van der Waals surface area contributed by atoms with Crippen molar-refractivity contribution >= 4 is 46.4 Å². The van der Waals surface area contributed by atoms with Crippen molar-refractivity contribution in [3.05, 3.63) is 53.1 Å². The Hall–Kier alpha value is -2.86. The molecule has 0 spiro atoms. The Bertz CT molecular complexity index is 788. The molecule has 6 nitrogen and oxygen atoms in total. The number of carbonyl (C=O) groups is 3.